The molecule has 1 N–H and O–H groups in total. The number of aromatic nitrogens is 1. The van der Waals surface area contributed by atoms with E-state index in [9.17, 15) is 8.42 Å². The predicted molar refractivity (Wildman–Crippen MR) is 85.6 cm³/mol. The first-order valence-corrected chi connectivity index (χ1v) is 8.30. The van der Waals surface area contributed by atoms with Crippen LogP contribution in [0.25, 0.3) is 0 Å². The summed E-state index contributed by atoms with van der Waals surface area (Å²) in [7, 11) is -1.78. The Morgan fingerprint density at radius 1 is 1.52 bits per heavy atom. The summed E-state index contributed by atoms with van der Waals surface area (Å²) in [5, 5.41) is 3.25. The van der Waals surface area contributed by atoms with Crippen LogP contribution in [-0.2, 0) is 10.2 Å². The first kappa shape index (κ1) is 18.3. The second-order valence-electron chi connectivity index (χ2n) is 4.95. The van der Waals surface area contributed by atoms with Gasteiger partial charge < -0.3 is 5.32 Å². The van der Waals surface area contributed by atoms with Gasteiger partial charge in [0.2, 0.25) is 0 Å². The van der Waals surface area contributed by atoms with Crippen molar-refractivity contribution in [3.63, 3.8) is 0 Å². The number of halogens is 1. The van der Waals surface area contributed by atoms with Crippen molar-refractivity contribution in [2.24, 2.45) is 0 Å². The molecule has 1 unspecified atom stereocenters. The molecule has 21 heavy (non-hydrogen) atoms. The molecule has 2 heterocycles. The lowest BCUT2D eigenvalue weighted by Crippen LogP contribution is -2.52. The van der Waals surface area contributed by atoms with E-state index in [4.69, 9.17) is 0 Å². The largest absolute Gasteiger partial charge is 0.313 e. The SMILES string of the molecule is CCCN(C)S(=O)(=O)N1CCNCC1c1cccnc1.Cl. The molecule has 0 aliphatic carbocycles. The molecular formula is C13H23ClN4O2S. The van der Waals surface area contributed by atoms with Gasteiger partial charge in [0, 0.05) is 45.6 Å². The Kier molecular flexibility index (Phi) is 7.02. The van der Waals surface area contributed by atoms with Crippen LogP contribution in [0.3, 0.4) is 0 Å². The van der Waals surface area contributed by atoms with Crippen LogP contribution in [0, 0.1) is 0 Å². The van der Waals surface area contributed by atoms with Gasteiger partial charge >= 0.3 is 0 Å². The minimum atomic E-state index is -3.42. The highest BCUT2D eigenvalue weighted by Gasteiger charge is 2.35. The van der Waals surface area contributed by atoms with Gasteiger partial charge in [0.15, 0.2) is 0 Å². The zero-order valence-corrected chi connectivity index (χ0v) is 14.0. The van der Waals surface area contributed by atoms with Crippen LogP contribution in [0.1, 0.15) is 24.9 Å². The summed E-state index contributed by atoms with van der Waals surface area (Å²) < 4.78 is 28.3. The van der Waals surface area contributed by atoms with E-state index < -0.39 is 10.2 Å². The summed E-state index contributed by atoms with van der Waals surface area (Å²) in [5.41, 5.74) is 0.924. The zero-order valence-electron chi connectivity index (χ0n) is 12.4. The number of nitrogens with zero attached hydrogens (tertiary/aromatic N) is 3. The van der Waals surface area contributed by atoms with Gasteiger partial charge in [0.05, 0.1) is 6.04 Å². The quantitative estimate of drug-likeness (QED) is 0.873. The van der Waals surface area contributed by atoms with Crippen molar-refractivity contribution in [3.05, 3.63) is 30.1 Å². The van der Waals surface area contributed by atoms with Crippen LogP contribution < -0.4 is 5.32 Å². The molecule has 2 rings (SSSR count). The summed E-state index contributed by atoms with van der Waals surface area (Å²) in [6.45, 7) is 4.28. The Morgan fingerprint density at radius 2 is 2.29 bits per heavy atom. The molecule has 0 aromatic carbocycles. The molecule has 0 saturated carbocycles. The first-order valence-electron chi connectivity index (χ1n) is 6.91. The molecule has 0 spiro atoms. The predicted octanol–water partition coefficient (Wildman–Crippen LogP) is 1.04. The molecule has 1 aliphatic rings. The average Bonchev–Trinajstić information content (AvgIpc) is 2.48. The number of rotatable bonds is 5. The highest BCUT2D eigenvalue weighted by atomic mass is 35.5. The Labute approximate surface area is 133 Å². The number of nitrogens with one attached hydrogen (secondary N) is 1. The third-order valence-corrected chi connectivity index (χ3v) is 5.49. The molecular weight excluding hydrogens is 312 g/mol. The van der Waals surface area contributed by atoms with E-state index in [1.54, 1.807) is 23.7 Å². The van der Waals surface area contributed by atoms with Crippen LogP contribution in [0.4, 0.5) is 0 Å². The Bertz CT molecular complexity index is 526. The monoisotopic (exact) mass is 334 g/mol. The molecule has 120 valence electrons. The van der Waals surface area contributed by atoms with Crippen LogP contribution in [-0.4, -0.2) is 55.2 Å². The van der Waals surface area contributed by atoms with Gasteiger partial charge in [0.25, 0.3) is 10.2 Å². The van der Waals surface area contributed by atoms with E-state index in [0.717, 1.165) is 12.0 Å². The molecule has 0 amide bonds. The molecule has 1 saturated heterocycles. The molecule has 1 aromatic heterocycles. The third-order valence-electron chi connectivity index (χ3n) is 3.49. The first-order chi connectivity index (χ1) is 9.57. The second kappa shape index (κ2) is 8.05. The molecule has 8 heteroatoms. The summed E-state index contributed by atoms with van der Waals surface area (Å²) in [4.78, 5) is 4.09. The maximum Gasteiger partial charge on any atom is 0.282 e. The molecule has 1 aromatic rings. The molecule has 0 bridgehead atoms. The lowest BCUT2D eigenvalue weighted by atomic mass is 10.1. The molecule has 1 atom stereocenters. The van der Waals surface area contributed by atoms with Crippen LogP contribution in [0.2, 0.25) is 0 Å². The molecule has 1 fully saturated rings. The number of hydrogen-bond donors (Lipinski definition) is 1. The lowest BCUT2D eigenvalue weighted by molar-refractivity contribution is 0.252. The lowest BCUT2D eigenvalue weighted by Gasteiger charge is -2.37. The molecule has 1 aliphatic heterocycles. The van der Waals surface area contributed by atoms with Crippen LogP contribution in [0.5, 0.6) is 0 Å². The van der Waals surface area contributed by atoms with E-state index >= 15 is 0 Å². The van der Waals surface area contributed by atoms with E-state index in [2.05, 4.69) is 10.3 Å². The standard InChI is InChI=1S/C13H22N4O2S.ClH/c1-3-8-16(2)20(18,19)17-9-7-15-11-13(17)12-5-4-6-14-10-12;/h4-6,10,13,15H,3,7-9,11H2,1-2H3;1H. The highest BCUT2D eigenvalue weighted by Crippen LogP contribution is 2.25. The number of pyridine rings is 1. The van der Waals surface area contributed by atoms with Gasteiger partial charge in [-0.1, -0.05) is 13.0 Å². The van der Waals surface area contributed by atoms with E-state index in [-0.39, 0.29) is 18.4 Å². The third kappa shape index (κ3) is 4.14. The van der Waals surface area contributed by atoms with Crippen molar-refractivity contribution < 1.29 is 8.42 Å². The van der Waals surface area contributed by atoms with Crippen molar-refractivity contribution in [2.45, 2.75) is 19.4 Å². The van der Waals surface area contributed by atoms with E-state index in [1.807, 2.05) is 19.1 Å². The van der Waals surface area contributed by atoms with Crippen molar-refractivity contribution in [1.29, 1.82) is 0 Å². The Hall–Kier alpha value is -0.730. The Balaban J connectivity index is 0.00000220. The Morgan fingerprint density at radius 3 is 2.90 bits per heavy atom. The minimum absolute atomic E-state index is 0. The molecule has 0 radical (unpaired) electrons. The van der Waals surface area contributed by atoms with Crippen molar-refractivity contribution in [1.82, 2.24) is 18.9 Å². The van der Waals surface area contributed by atoms with Gasteiger partial charge in [-0.05, 0) is 18.1 Å². The summed E-state index contributed by atoms with van der Waals surface area (Å²) in [6.07, 6.45) is 4.24. The molecule has 6 nitrogen and oxygen atoms in total. The normalized spacial score (nSPS) is 20.2. The van der Waals surface area contributed by atoms with Gasteiger partial charge in [-0.25, -0.2) is 0 Å². The van der Waals surface area contributed by atoms with Gasteiger partial charge in [0.1, 0.15) is 0 Å². The maximum atomic E-state index is 12.7. The fourth-order valence-electron chi connectivity index (χ4n) is 2.43. The fraction of sp³-hybridized carbons (Fsp3) is 0.615. The summed E-state index contributed by atoms with van der Waals surface area (Å²) >= 11 is 0. The van der Waals surface area contributed by atoms with Gasteiger partial charge in [-0.15, -0.1) is 12.4 Å². The van der Waals surface area contributed by atoms with E-state index in [0.29, 0.717) is 26.2 Å². The maximum absolute atomic E-state index is 12.7. The topological polar surface area (TPSA) is 65.5 Å². The number of piperazine rings is 1. The second-order valence-corrected chi connectivity index (χ2v) is 6.93. The van der Waals surface area contributed by atoms with Crippen molar-refractivity contribution in [2.75, 3.05) is 33.2 Å². The smallest absolute Gasteiger partial charge is 0.282 e. The highest BCUT2D eigenvalue weighted by molar-refractivity contribution is 7.86. The summed E-state index contributed by atoms with van der Waals surface area (Å²) in [6, 6.07) is 3.57. The van der Waals surface area contributed by atoms with Gasteiger partial charge in [-0.3, -0.25) is 4.98 Å². The minimum Gasteiger partial charge on any atom is -0.313 e. The van der Waals surface area contributed by atoms with Crippen molar-refractivity contribution >= 4 is 22.6 Å². The number of hydrogen-bond acceptors (Lipinski definition) is 4. The van der Waals surface area contributed by atoms with Crippen molar-refractivity contribution in [3.8, 4) is 0 Å². The van der Waals surface area contributed by atoms with Gasteiger partial charge in [-0.2, -0.15) is 17.0 Å². The zero-order chi connectivity index (χ0) is 14.6. The fourth-order valence-corrected chi connectivity index (χ4v) is 4.04. The van der Waals surface area contributed by atoms with Crippen LogP contribution >= 0.6 is 12.4 Å². The van der Waals surface area contributed by atoms with Crippen LogP contribution in [0.15, 0.2) is 24.5 Å². The average molecular weight is 335 g/mol. The summed E-state index contributed by atoms with van der Waals surface area (Å²) in [5.74, 6) is 0. The van der Waals surface area contributed by atoms with E-state index in [1.165, 1.54) is 4.31 Å².